The van der Waals surface area contributed by atoms with Crippen LogP contribution in [0, 0.1) is 0 Å². The first-order valence-electron chi connectivity index (χ1n) is 16.4. The number of allylic oxidation sites excluding steroid dienone is 2. The summed E-state index contributed by atoms with van der Waals surface area (Å²) in [6, 6.07) is 58.4. The Hall–Kier alpha value is -3.53. The molecule has 0 amide bonds. The summed E-state index contributed by atoms with van der Waals surface area (Å²) in [5, 5.41) is 0. The third-order valence-corrected chi connectivity index (χ3v) is 35.2. The fourth-order valence-electron chi connectivity index (χ4n) is 8.51. The van der Waals surface area contributed by atoms with Gasteiger partial charge >= 0.3 is 277 Å². The quantitative estimate of drug-likeness (QED) is 0.147. The molecule has 0 bridgehead atoms. The zero-order valence-electron chi connectivity index (χ0n) is 27.3. The number of rotatable bonds is 6. The molecule has 2 unspecified atom stereocenters. The standard InChI is InChI=1S/2C21H15.2CH3.2ClH.Hf.H2Si/c2*1-3-8-16(9-4-1)19-14-18-12-7-13-20(21(18)15-19)17-10-5-2-6-11-17;;;;;;/h2*1-15H;2*1H3;2*1H;;1H2. The minimum absolute atomic E-state index is 0. The molecule has 0 heterocycles. The molecule has 0 saturated heterocycles. The van der Waals surface area contributed by atoms with Crippen molar-refractivity contribution in [2.24, 2.45) is 0 Å². The molecule has 8 rings (SSSR count). The van der Waals surface area contributed by atoms with Crippen LogP contribution in [0.1, 0.15) is 40.7 Å². The second-order valence-electron chi connectivity index (χ2n) is 14.1. The van der Waals surface area contributed by atoms with E-state index in [-0.39, 0.29) is 24.8 Å². The summed E-state index contributed by atoms with van der Waals surface area (Å²) in [4.78, 5) is 0. The van der Waals surface area contributed by atoms with Crippen LogP contribution in [0.2, 0.25) is 9.36 Å². The molecular formula is C44H40Cl2HfSi. The van der Waals surface area contributed by atoms with Gasteiger partial charge in [0.25, 0.3) is 0 Å². The first-order valence-corrected chi connectivity index (χ1v) is 36.0. The maximum absolute atomic E-state index is 4.11. The van der Waals surface area contributed by atoms with Gasteiger partial charge < -0.3 is 0 Å². The second kappa shape index (κ2) is 13.4. The van der Waals surface area contributed by atoms with E-state index in [2.05, 4.69) is 186 Å². The van der Waals surface area contributed by atoms with Gasteiger partial charge in [-0.15, -0.1) is 24.8 Å². The van der Waals surface area contributed by atoms with Crippen LogP contribution >= 0.6 is 24.8 Å². The summed E-state index contributed by atoms with van der Waals surface area (Å²) >= 11 is -4.11. The Kier molecular flexibility index (Phi) is 9.59. The van der Waals surface area contributed by atoms with Crippen LogP contribution in [-0.4, -0.2) is 6.94 Å². The molecule has 0 radical (unpaired) electrons. The van der Waals surface area contributed by atoms with E-state index in [0.29, 0.717) is 7.35 Å². The first-order chi connectivity index (χ1) is 22.4. The van der Waals surface area contributed by atoms with Gasteiger partial charge in [-0.25, -0.2) is 0 Å². The van der Waals surface area contributed by atoms with Gasteiger partial charge in [-0.05, 0) is 0 Å². The Balaban J connectivity index is 0.00000201. The van der Waals surface area contributed by atoms with Crippen molar-refractivity contribution in [1.82, 2.24) is 0 Å². The Labute approximate surface area is 300 Å². The van der Waals surface area contributed by atoms with Crippen LogP contribution in [0.5, 0.6) is 0 Å². The van der Waals surface area contributed by atoms with Gasteiger partial charge in [-0.2, -0.15) is 0 Å². The van der Waals surface area contributed by atoms with Crippen LogP contribution in [0.15, 0.2) is 158 Å². The van der Waals surface area contributed by atoms with E-state index in [1.54, 1.807) is 0 Å². The monoisotopic (exact) mass is 846 g/mol. The predicted molar refractivity (Wildman–Crippen MR) is 213 cm³/mol. The molecule has 4 heteroatoms. The number of hydrogen-bond donors (Lipinski definition) is 0. The zero-order chi connectivity index (χ0) is 31.3. The van der Waals surface area contributed by atoms with Crippen molar-refractivity contribution in [3.8, 4) is 22.3 Å². The van der Waals surface area contributed by atoms with Crippen molar-refractivity contribution in [1.29, 1.82) is 0 Å². The van der Waals surface area contributed by atoms with Gasteiger partial charge in [0.05, 0.1) is 0 Å². The van der Waals surface area contributed by atoms with E-state index in [1.165, 1.54) is 66.8 Å². The summed E-state index contributed by atoms with van der Waals surface area (Å²) in [6.07, 6.45) is 5.10. The molecule has 0 aromatic heterocycles. The average Bonchev–Trinajstić information content (AvgIpc) is 3.71. The number of hydrogen-bond acceptors (Lipinski definition) is 0. The average molecular weight is 846 g/mol. The van der Waals surface area contributed by atoms with Crippen molar-refractivity contribution in [2.45, 2.75) is 16.7 Å². The molecule has 238 valence electrons. The van der Waals surface area contributed by atoms with E-state index in [0.717, 1.165) is 0 Å². The Bertz CT molecular complexity index is 2060. The topological polar surface area (TPSA) is 0 Å². The second-order valence-corrected chi connectivity index (χ2v) is 57.6. The van der Waals surface area contributed by atoms with Crippen LogP contribution in [0.25, 0.3) is 45.6 Å². The third kappa shape index (κ3) is 5.77. The fourth-order valence-corrected chi connectivity index (χ4v) is 35.2. The third-order valence-electron chi connectivity index (χ3n) is 10.4. The van der Waals surface area contributed by atoms with Gasteiger partial charge in [0.1, 0.15) is 0 Å². The first kappa shape index (κ1) is 34.3. The van der Waals surface area contributed by atoms with Crippen molar-refractivity contribution in [3.05, 3.63) is 191 Å². The van der Waals surface area contributed by atoms with Gasteiger partial charge in [0.2, 0.25) is 0 Å². The maximum atomic E-state index is 2.76. The van der Waals surface area contributed by atoms with Crippen molar-refractivity contribution < 1.29 is 17.1 Å². The van der Waals surface area contributed by atoms with Crippen LogP contribution in [-0.2, 0) is 17.1 Å². The van der Waals surface area contributed by atoms with Gasteiger partial charge in [0, 0.05) is 0 Å². The van der Waals surface area contributed by atoms with Crippen LogP contribution < -0.4 is 0 Å². The van der Waals surface area contributed by atoms with Gasteiger partial charge in [-0.3, -0.25) is 0 Å². The van der Waals surface area contributed by atoms with Crippen LogP contribution in [0.4, 0.5) is 0 Å². The van der Waals surface area contributed by atoms with E-state index in [9.17, 15) is 0 Å². The normalized spacial score (nSPS) is 16.5. The molecule has 0 saturated carbocycles. The van der Waals surface area contributed by atoms with E-state index < -0.39 is 17.1 Å². The molecule has 6 aromatic carbocycles. The summed E-state index contributed by atoms with van der Waals surface area (Å²) in [5.74, 6) is 0. The summed E-state index contributed by atoms with van der Waals surface area (Å²) in [5.41, 5.74) is 16.8. The van der Waals surface area contributed by atoms with Gasteiger partial charge in [0.15, 0.2) is 0 Å². The molecule has 48 heavy (non-hydrogen) atoms. The molecule has 0 spiro atoms. The van der Waals surface area contributed by atoms with E-state index in [4.69, 9.17) is 0 Å². The Morgan fingerprint density at radius 2 is 0.708 bits per heavy atom. The van der Waals surface area contributed by atoms with E-state index >= 15 is 0 Å². The van der Waals surface area contributed by atoms with Crippen molar-refractivity contribution in [2.75, 3.05) is 0 Å². The SMILES string of the molecule is Cl.Cl.[CH3][Hf]([CH3])(=[SiH2])([CH]1C(c2ccccc2)=Cc2c(-c3ccccc3)cccc21)[CH]1C(c2ccccc2)=Cc2c(-c3ccccc3)cccc21. The van der Waals surface area contributed by atoms with Crippen LogP contribution in [0.3, 0.4) is 0 Å². The summed E-state index contributed by atoms with van der Waals surface area (Å²) in [7, 11) is 0. The summed E-state index contributed by atoms with van der Waals surface area (Å²) in [6.45, 7) is 2.43. The molecule has 2 aliphatic rings. The van der Waals surface area contributed by atoms with Crippen molar-refractivity contribution >= 4 is 55.1 Å². The number of benzene rings is 6. The number of halogens is 2. The fraction of sp³-hybridized carbons (Fsp3) is 0.0909. The predicted octanol–water partition coefficient (Wildman–Crippen LogP) is 12.1. The Morgan fingerprint density at radius 3 is 1.04 bits per heavy atom. The molecule has 0 N–H and O–H groups in total. The van der Waals surface area contributed by atoms with Gasteiger partial charge in [-0.1, -0.05) is 0 Å². The van der Waals surface area contributed by atoms with E-state index in [1.807, 2.05) is 0 Å². The number of fused-ring (bicyclic) bond motifs is 2. The summed E-state index contributed by atoms with van der Waals surface area (Å²) < 4.78 is 6.26. The molecule has 0 nitrogen and oxygen atoms in total. The zero-order valence-corrected chi connectivity index (χ0v) is 34.0. The molecule has 2 atom stereocenters. The molecular weight excluding hydrogens is 806 g/mol. The van der Waals surface area contributed by atoms with Crippen molar-refractivity contribution in [3.63, 3.8) is 0 Å². The Morgan fingerprint density at radius 1 is 0.396 bits per heavy atom. The molecule has 0 aliphatic heterocycles. The molecule has 6 aromatic rings. The minimum atomic E-state index is -4.11. The molecule has 2 aliphatic carbocycles. The molecule has 0 fully saturated rings.